The number of epoxide rings is 1. The van der Waals surface area contributed by atoms with E-state index in [4.69, 9.17) is 43.9 Å². The molecule has 0 bridgehead atoms. The number of rotatable bonds is 7. The van der Waals surface area contributed by atoms with E-state index < -0.39 is 117 Å². The topological polar surface area (TPSA) is 464 Å². The van der Waals surface area contributed by atoms with Gasteiger partial charge in [-0.2, -0.15) is 71.1 Å². The zero-order valence-corrected chi connectivity index (χ0v) is 80.9. The Hall–Kier alpha value is -13.4. The van der Waals surface area contributed by atoms with Gasteiger partial charge >= 0.3 is 103 Å². The molecule has 148 heavy (non-hydrogen) atoms. The van der Waals surface area contributed by atoms with Crippen LogP contribution in [0.5, 0.6) is 0 Å². The van der Waals surface area contributed by atoms with Crippen LogP contribution < -0.4 is 61.0 Å². The number of ether oxygens (including phenoxy) is 6. The standard InChI is InChI=1S/C17H17F3N2O5.C14H17N3O3.C14H15N3O2.C12H11F3N2O3.C12H13F3N2O.C12H12F3NO.C10H13N.C4H6O3.CHF3O3S.Li/c1-26-14(23)13-9-22(16(25)27-13)12-3-2-10-4-6-21(7-5-11(10)8-12)15(24)17(18,19)20;15-13(18)12-8-17(14(19)20-12)11-2-1-9-3-5-16-6-4-10(9)7-11;15-8-13-9-17(14(18)19-13)12-2-1-10-3-5-16-6-4-11(10)7-12;13-12(14,15)11(18)16-5-3-8-1-2-10(17(19)20)7-9(8)4-6-16;13-12(14,15)11(18)17-5-3-8-1-2-10(16)7-9(8)4-6-17;13-12(14,15)11(17)16-7-5-9-3-1-2-4-10(9)6-8-16;1-2-4-10-6-8-11-7-5-9(10)3-1;1-6-4(5)3-2-7-3;2-1(3,4)8(5,6)7;/h2-3,8,13H,4-7,9H2,1H3;1-2,7,12,16H,3-6,8H2,(H2,15,18);1-2,7,13,16H,3-6,9H2;1-2,7H,3-6H2;1-2,7H,3-6,16H2;1-4H,5-8H2;1-4,11H,5-8H2;3H,2H2,1H3;(H,5,6,7);/q;;;;;;;;;+1/p-1/t13-;12-;13-;;;;;;;/m110......./s1. The quantitative estimate of drug-likeness (QED) is 0.0101. The third kappa shape index (κ3) is 34.1. The molecule has 0 aliphatic carbocycles. The summed E-state index contributed by atoms with van der Waals surface area (Å²) in [5.41, 5.74) is 22.8. The minimum atomic E-state index is -6.09. The third-order valence-corrected chi connectivity index (χ3v) is 25.1. The maximum absolute atomic E-state index is 12.7. The number of carbonyl (C=O) groups excluding carboxylic acids is 10. The number of alkyl halides is 15. The van der Waals surface area contributed by atoms with Gasteiger partial charge in [-0.05, 0) is 256 Å². The fourth-order valence-electron chi connectivity index (χ4n) is 16.7. The molecule has 0 saturated carbocycles. The number of nitrogens with zero attached hydrogens (tertiary/aromatic N) is 9. The number of anilines is 4. The number of cyclic esters (lactones) is 3. The third-order valence-electron chi connectivity index (χ3n) is 24.6. The summed E-state index contributed by atoms with van der Waals surface area (Å²) in [5.74, 6) is -8.74. The first-order valence-corrected chi connectivity index (χ1v) is 47.4. The Morgan fingerprint density at radius 2 is 0.669 bits per heavy atom. The number of nitrogens with two attached hydrogens (primary N) is 2. The minimum absolute atomic E-state index is 0. The number of nitro groups is 1. The van der Waals surface area contributed by atoms with E-state index in [0.717, 1.165) is 135 Å². The molecule has 7 aromatic rings. The van der Waals surface area contributed by atoms with Crippen LogP contribution in [0.25, 0.3) is 0 Å². The van der Waals surface area contributed by atoms with Crippen molar-refractivity contribution in [1.82, 2.24) is 35.6 Å². The first kappa shape index (κ1) is 118. The van der Waals surface area contributed by atoms with Crippen molar-refractivity contribution in [3.63, 3.8) is 0 Å². The molecular weight excluding hydrogens is 2010 g/mol. The maximum atomic E-state index is 12.7. The number of fused-ring (bicyclic) bond motifs is 7. The summed E-state index contributed by atoms with van der Waals surface area (Å²) < 4.78 is 236. The van der Waals surface area contributed by atoms with Crippen molar-refractivity contribution >= 4 is 98.3 Å². The van der Waals surface area contributed by atoms with Gasteiger partial charge < -0.3 is 80.0 Å². The van der Waals surface area contributed by atoms with E-state index in [9.17, 15) is 124 Å². The minimum Gasteiger partial charge on any atom is -0.741 e. The van der Waals surface area contributed by atoms with Gasteiger partial charge in [0, 0.05) is 87.2 Å². The summed E-state index contributed by atoms with van der Waals surface area (Å²) >= 11 is 0. The Morgan fingerprint density at radius 1 is 0.405 bits per heavy atom. The average molecular weight is 2110 g/mol. The van der Waals surface area contributed by atoms with Crippen molar-refractivity contribution in [3.05, 3.63) is 228 Å². The molecule has 11 aliphatic rings. The number of hydrogen-bond acceptors (Lipinski definition) is 26. The van der Waals surface area contributed by atoms with Crippen molar-refractivity contribution < 1.29 is 179 Å². The number of non-ortho nitro benzene ring substituents is 1. The number of methoxy groups -OCH3 is 2. The molecule has 8 amide bonds. The first-order chi connectivity index (χ1) is 69.3. The summed E-state index contributed by atoms with van der Waals surface area (Å²) in [4.78, 5) is 131. The Bertz CT molecular complexity index is 6010. The van der Waals surface area contributed by atoms with Crippen molar-refractivity contribution in [2.45, 2.75) is 145 Å². The van der Waals surface area contributed by atoms with E-state index in [0.29, 0.717) is 55.8 Å². The van der Waals surface area contributed by atoms with E-state index in [1.807, 2.05) is 66.7 Å². The normalized spacial score (nSPS) is 18.7. The molecule has 18 rings (SSSR count). The Labute approximate surface area is 850 Å². The second-order valence-electron chi connectivity index (χ2n) is 34.3. The number of hydrogen-bond donors (Lipinski definition) is 5. The van der Waals surface area contributed by atoms with Gasteiger partial charge in [-0.25, -0.2) is 32.4 Å². The molecule has 7 aromatic carbocycles. The van der Waals surface area contributed by atoms with Gasteiger partial charge in [-0.1, -0.05) is 78.9 Å². The van der Waals surface area contributed by atoms with Gasteiger partial charge in [-0.3, -0.25) is 48.8 Å². The van der Waals surface area contributed by atoms with Crippen LogP contribution >= 0.6 is 0 Å². The van der Waals surface area contributed by atoms with Crippen molar-refractivity contribution in [2.24, 2.45) is 5.73 Å². The number of nitrogen functional groups attached to an aromatic ring is 1. The maximum Gasteiger partial charge on any atom is 1.00 e. The van der Waals surface area contributed by atoms with Crippen LogP contribution in [-0.4, -0.2) is 284 Å². The largest absolute Gasteiger partial charge is 1.00 e. The molecule has 4 atom stereocenters. The molecule has 11 aliphatic heterocycles. The van der Waals surface area contributed by atoms with Gasteiger partial charge in [0.15, 0.2) is 22.3 Å². The molecule has 0 aromatic heterocycles. The summed E-state index contributed by atoms with van der Waals surface area (Å²) in [6, 6.07) is 44.8. The number of benzene rings is 7. The Kier molecular flexibility index (Phi) is 42.3. The number of amides is 8. The van der Waals surface area contributed by atoms with Crippen LogP contribution in [0.4, 0.5) is 109 Å². The SMILES string of the molecule is COC(=O)C1CO1.COC(=O)[C@H]1CN(c2ccc3c(c2)CCN(C(=O)C(F)(F)F)CC3)C(=O)O1.N#C[C@H]1CN(c2ccc3c(c2)CCNCC3)C(=O)O1.NC(=O)[C@H]1CN(c2ccc3c(c2)CCNCC3)C(=O)O1.Nc1ccc2c(c1)CCN(C(=O)C(F)(F)F)CC2.O=C(N1CCc2ccc([N+](=O)[O-])cc2CC1)C(F)(F)F.O=C(N1CCc2ccccc2CC1)C(F)(F)F.O=S(=O)([O-])C(F)(F)F.[Li+].c1ccc2c(c1)CCNCC2. The van der Waals surface area contributed by atoms with Crippen LogP contribution in [0.1, 0.15) is 77.9 Å². The molecule has 11 heterocycles. The fourth-order valence-corrected chi connectivity index (χ4v) is 16.7. The van der Waals surface area contributed by atoms with Gasteiger partial charge in [0.05, 0.1) is 45.4 Å². The van der Waals surface area contributed by atoms with Gasteiger partial charge in [0.2, 0.25) is 12.2 Å². The molecule has 796 valence electrons. The average Bonchev–Trinajstić information content (AvgIpc) is 1.66. The van der Waals surface area contributed by atoms with E-state index in [1.54, 1.807) is 30.3 Å². The molecule has 52 heteroatoms. The van der Waals surface area contributed by atoms with E-state index >= 15 is 0 Å². The zero-order valence-electron chi connectivity index (χ0n) is 80.0. The Balaban J connectivity index is 0.000000189. The summed E-state index contributed by atoms with van der Waals surface area (Å²) in [5, 5.41) is 29.6. The number of carbonyl (C=O) groups is 10. The molecule has 4 saturated heterocycles. The van der Waals surface area contributed by atoms with Gasteiger partial charge in [0.1, 0.15) is 6.07 Å². The zero-order chi connectivity index (χ0) is 108. The summed E-state index contributed by atoms with van der Waals surface area (Å²) in [6.07, 6.45) is -14.7. The van der Waals surface area contributed by atoms with Crippen LogP contribution in [0.15, 0.2) is 140 Å². The van der Waals surface area contributed by atoms with Crippen LogP contribution in [-0.2, 0) is 162 Å². The number of halogens is 15. The first-order valence-electron chi connectivity index (χ1n) is 46.0. The number of nitriles is 1. The Morgan fingerprint density at radius 3 is 0.966 bits per heavy atom. The van der Waals surface area contributed by atoms with Crippen LogP contribution in [0, 0.1) is 21.4 Å². The van der Waals surface area contributed by atoms with Crippen molar-refractivity contribution in [1.29, 1.82) is 5.26 Å². The van der Waals surface area contributed by atoms with Gasteiger partial charge in [0.25, 0.3) is 11.6 Å². The smallest absolute Gasteiger partial charge is 0.741 e. The molecule has 0 radical (unpaired) electrons. The molecule has 35 nitrogen and oxygen atoms in total. The summed E-state index contributed by atoms with van der Waals surface area (Å²) in [6.45, 7) is 7.37. The monoisotopic (exact) mass is 2110 g/mol. The van der Waals surface area contributed by atoms with Gasteiger partial charge in [-0.15, -0.1) is 0 Å². The molecule has 4 fully saturated rings. The van der Waals surface area contributed by atoms with Crippen LogP contribution in [0.3, 0.4) is 0 Å². The molecule has 7 N–H and O–H groups in total. The number of nitrogens with one attached hydrogen (secondary N) is 3. The van der Waals surface area contributed by atoms with E-state index in [1.165, 1.54) is 93.3 Å². The summed E-state index contributed by atoms with van der Waals surface area (Å²) in [7, 11) is -3.55. The second kappa shape index (κ2) is 53.0. The fraction of sp³-hybridized carbons (Fsp3) is 0.448. The molecule has 1 unspecified atom stereocenters. The number of primary amides is 1. The van der Waals surface area contributed by atoms with Crippen LogP contribution in [0.2, 0.25) is 0 Å². The number of esters is 2. The predicted molar refractivity (Wildman–Crippen MR) is 494 cm³/mol. The predicted octanol–water partition coefficient (Wildman–Crippen LogP) is 7.09. The van der Waals surface area contributed by atoms with E-state index in [2.05, 4.69) is 60.5 Å². The van der Waals surface area contributed by atoms with E-state index in [-0.39, 0.29) is 128 Å². The second-order valence-corrected chi connectivity index (χ2v) is 35.7. The van der Waals surface area contributed by atoms with Crippen molar-refractivity contribution in [3.8, 4) is 6.07 Å². The molecular formula is C96H104F15LiN14O21S. The molecule has 0 spiro atoms. The van der Waals surface area contributed by atoms with Crippen molar-refractivity contribution in [2.75, 3.05) is 153 Å². The number of nitro benzene ring substituents is 1.